The SMILES string of the molecule is OCCOc1cc(F)c(COc2nc3nc(O[C@@H]4COC(CO)C4)[nH]c3cc2Cl)c(F)c1. The van der Waals surface area contributed by atoms with Crippen LogP contribution in [0.4, 0.5) is 8.78 Å². The Bertz CT molecular complexity index is 1080. The highest BCUT2D eigenvalue weighted by Crippen LogP contribution is 2.29. The summed E-state index contributed by atoms with van der Waals surface area (Å²) in [4.78, 5) is 11.3. The molecule has 0 spiro atoms. The molecule has 1 unspecified atom stereocenters. The molecule has 0 radical (unpaired) electrons. The van der Waals surface area contributed by atoms with Gasteiger partial charge in [0.2, 0.25) is 5.88 Å². The van der Waals surface area contributed by atoms with Crippen molar-refractivity contribution in [1.29, 1.82) is 0 Å². The molecule has 0 amide bonds. The number of hydrogen-bond acceptors (Lipinski definition) is 8. The zero-order valence-electron chi connectivity index (χ0n) is 16.7. The summed E-state index contributed by atoms with van der Waals surface area (Å²) in [6.07, 6.45) is -0.0147. The van der Waals surface area contributed by atoms with Crippen molar-refractivity contribution < 1.29 is 37.9 Å². The molecule has 0 aliphatic carbocycles. The topological polar surface area (TPSA) is 119 Å². The van der Waals surface area contributed by atoms with Crippen molar-refractivity contribution in [1.82, 2.24) is 15.0 Å². The lowest BCUT2D eigenvalue weighted by atomic mass is 10.2. The maximum Gasteiger partial charge on any atom is 0.296 e. The van der Waals surface area contributed by atoms with Gasteiger partial charge in [-0.2, -0.15) is 9.97 Å². The average molecular weight is 472 g/mol. The molecule has 32 heavy (non-hydrogen) atoms. The van der Waals surface area contributed by atoms with E-state index < -0.39 is 18.2 Å². The first-order valence-corrected chi connectivity index (χ1v) is 10.1. The fourth-order valence-corrected chi connectivity index (χ4v) is 3.39. The molecule has 4 rings (SSSR count). The van der Waals surface area contributed by atoms with Crippen molar-refractivity contribution in [3.8, 4) is 17.6 Å². The van der Waals surface area contributed by atoms with Gasteiger partial charge in [0.05, 0.1) is 37.0 Å². The highest BCUT2D eigenvalue weighted by molar-refractivity contribution is 6.32. The number of H-pyrrole nitrogens is 1. The van der Waals surface area contributed by atoms with E-state index >= 15 is 0 Å². The predicted octanol–water partition coefficient (Wildman–Crippen LogP) is 2.37. The molecule has 1 aliphatic rings. The number of nitrogens with one attached hydrogen (secondary N) is 1. The number of halogens is 3. The molecule has 12 heteroatoms. The maximum absolute atomic E-state index is 14.3. The van der Waals surface area contributed by atoms with E-state index in [9.17, 15) is 8.78 Å². The summed E-state index contributed by atoms with van der Waals surface area (Å²) in [6, 6.07) is 3.71. The van der Waals surface area contributed by atoms with E-state index in [1.165, 1.54) is 6.07 Å². The minimum Gasteiger partial charge on any atom is -0.491 e. The van der Waals surface area contributed by atoms with Gasteiger partial charge in [0.1, 0.15) is 41.7 Å². The van der Waals surface area contributed by atoms with E-state index in [-0.39, 0.29) is 65.9 Å². The van der Waals surface area contributed by atoms with Gasteiger partial charge in [-0.05, 0) is 6.07 Å². The highest BCUT2D eigenvalue weighted by Gasteiger charge is 2.27. The molecule has 9 nitrogen and oxygen atoms in total. The van der Waals surface area contributed by atoms with Gasteiger partial charge in [0.15, 0.2) is 5.65 Å². The monoisotopic (exact) mass is 471 g/mol. The fraction of sp³-hybridized carbons (Fsp3) is 0.400. The smallest absolute Gasteiger partial charge is 0.296 e. The molecule has 1 saturated heterocycles. The minimum atomic E-state index is -0.870. The van der Waals surface area contributed by atoms with Crippen LogP contribution in [0.25, 0.3) is 11.2 Å². The fourth-order valence-electron chi connectivity index (χ4n) is 3.18. The van der Waals surface area contributed by atoms with E-state index in [0.717, 1.165) is 12.1 Å². The number of ether oxygens (including phenoxy) is 4. The second-order valence-electron chi connectivity index (χ2n) is 7.03. The van der Waals surface area contributed by atoms with Crippen LogP contribution in [0.15, 0.2) is 18.2 Å². The van der Waals surface area contributed by atoms with Crippen LogP contribution in [0.3, 0.4) is 0 Å². The van der Waals surface area contributed by atoms with Crippen LogP contribution in [-0.2, 0) is 11.3 Å². The predicted molar refractivity (Wildman–Crippen MR) is 108 cm³/mol. The second kappa shape index (κ2) is 9.82. The van der Waals surface area contributed by atoms with Crippen LogP contribution in [0.1, 0.15) is 12.0 Å². The van der Waals surface area contributed by atoms with Crippen LogP contribution < -0.4 is 14.2 Å². The Morgan fingerprint density at radius 1 is 1.16 bits per heavy atom. The quantitative estimate of drug-likeness (QED) is 0.435. The molecule has 172 valence electrons. The minimum absolute atomic E-state index is 0.0441. The molecule has 1 aliphatic heterocycles. The third-order valence-corrected chi connectivity index (χ3v) is 5.00. The van der Waals surface area contributed by atoms with E-state index in [2.05, 4.69) is 15.0 Å². The number of imidazole rings is 1. The average Bonchev–Trinajstić information content (AvgIpc) is 3.37. The first-order chi connectivity index (χ1) is 15.5. The molecule has 2 aromatic heterocycles. The number of nitrogens with zero attached hydrogens (tertiary/aromatic N) is 2. The third kappa shape index (κ3) is 5.01. The maximum atomic E-state index is 14.3. The molecule has 2 atom stereocenters. The Hall–Kier alpha value is -2.73. The Labute approximate surface area is 185 Å². The van der Waals surface area contributed by atoms with Gasteiger partial charge in [0.25, 0.3) is 6.01 Å². The van der Waals surface area contributed by atoms with Crippen LogP contribution in [0.2, 0.25) is 5.02 Å². The summed E-state index contributed by atoms with van der Waals surface area (Å²) in [5.41, 5.74) is 0.397. The number of pyridine rings is 1. The molecule has 0 saturated carbocycles. The van der Waals surface area contributed by atoms with Crippen molar-refractivity contribution >= 4 is 22.8 Å². The summed E-state index contributed by atoms with van der Waals surface area (Å²) in [6.45, 7) is -0.590. The van der Waals surface area contributed by atoms with Crippen molar-refractivity contribution in [2.24, 2.45) is 0 Å². The van der Waals surface area contributed by atoms with Crippen molar-refractivity contribution in [2.45, 2.75) is 25.2 Å². The Morgan fingerprint density at radius 3 is 2.62 bits per heavy atom. The van der Waals surface area contributed by atoms with Crippen molar-refractivity contribution in [3.05, 3.63) is 40.4 Å². The first-order valence-electron chi connectivity index (χ1n) is 9.76. The van der Waals surface area contributed by atoms with E-state index in [0.29, 0.717) is 18.5 Å². The molecule has 1 aromatic carbocycles. The van der Waals surface area contributed by atoms with Gasteiger partial charge in [0, 0.05) is 18.6 Å². The van der Waals surface area contributed by atoms with Crippen molar-refractivity contribution in [3.63, 3.8) is 0 Å². The lowest BCUT2D eigenvalue weighted by Crippen LogP contribution is -2.17. The van der Waals surface area contributed by atoms with Crippen LogP contribution in [0, 0.1) is 11.6 Å². The lowest BCUT2D eigenvalue weighted by Gasteiger charge is -2.11. The Kier molecular flexibility index (Phi) is 6.89. The summed E-state index contributed by atoms with van der Waals surface area (Å²) >= 11 is 6.19. The van der Waals surface area contributed by atoms with Gasteiger partial charge >= 0.3 is 0 Å². The number of aromatic amines is 1. The van der Waals surface area contributed by atoms with Crippen LogP contribution >= 0.6 is 11.6 Å². The summed E-state index contributed by atoms with van der Waals surface area (Å²) in [5, 5.41) is 18.0. The van der Waals surface area contributed by atoms with Gasteiger partial charge in [-0.15, -0.1) is 0 Å². The summed E-state index contributed by atoms with van der Waals surface area (Å²) in [5.74, 6) is -1.84. The van der Waals surface area contributed by atoms with E-state index in [1.54, 1.807) is 0 Å². The highest BCUT2D eigenvalue weighted by atomic mass is 35.5. The normalized spacial score (nSPS) is 18.3. The number of aliphatic hydroxyl groups excluding tert-OH is 2. The number of benzene rings is 1. The number of hydrogen-bond donors (Lipinski definition) is 3. The molecule has 3 N–H and O–H groups in total. The second-order valence-corrected chi connectivity index (χ2v) is 7.44. The summed E-state index contributed by atoms with van der Waals surface area (Å²) in [7, 11) is 0. The van der Waals surface area contributed by atoms with Gasteiger partial charge in [-0.1, -0.05) is 11.6 Å². The largest absolute Gasteiger partial charge is 0.491 e. The van der Waals surface area contributed by atoms with E-state index in [1.807, 2.05) is 0 Å². The zero-order valence-corrected chi connectivity index (χ0v) is 17.4. The van der Waals surface area contributed by atoms with Crippen LogP contribution in [0.5, 0.6) is 17.6 Å². The molecule has 3 aromatic rings. The van der Waals surface area contributed by atoms with Gasteiger partial charge < -0.3 is 34.1 Å². The Balaban J connectivity index is 1.46. The number of aromatic nitrogens is 3. The van der Waals surface area contributed by atoms with Crippen molar-refractivity contribution in [2.75, 3.05) is 26.4 Å². The molecular weight excluding hydrogens is 452 g/mol. The summed E-state index contributed by atoms with van der Waals surface area (Å²) < 4.78 is 50.1. The zero-order chi connectivity index (χ0) is 22.7. The lowest BCUT2D eigenvalue weighted by molar-refractivity contribution is 0.0528. The van der Waals surface area contributed by atoms with Gasteiger partial charge in [-0.25, -0.2) is 8.78 Å². The molecular formula is C20H20ClF2N3O6. The molecule has 3 heterocycles. The Morgan fingerprint density at radius 2 is 1.94 bits per heavy atom. The van der Waals surface area contributed by atoms with E-state index in [4.69, 9.17) is 40.8 Å². The number of aliphatic hydroxyl groups is 2. The first kappa shape index (κ1) is 22.5. The van der Waals surface area contributed by atoms with Crippen LogP contribution in [-0.4, -0.2) is 63.8 Å². The number of fused-ring (bicyclic) bond motifs is 1. The van der Waals surface area contributed by atoms with Gasteiger partial charge in [-0.3, -0.25) is 0 Å². The standard InChI is InChI=1S/C20H20ClF2N3O6/c21-14-6-17-18(26-20(24-17)32-12-3-11(7-28)30-8-12)25-19(14)31-9-13-15(22)4-10(5-16(13)23)29-2-1-27/h4-6,11-12,27-28H,1-3,7-9H2,(H,24,25,26)/t11?,12-/m0/s1. The third-order valence-electron chi connectivity index (χ3n) is 4.73. The molecule has 0 bridgehead atoms. The number of rotatable bonds is 9. The molecule has 1 fully saturated rings.